The largest absolute Gasteiger partial charge is 0.395 e. The predicted octanol–water partition coefficient (Wildman–Crippen LogP) is 4.06. The lowest BCUT2D eigenvalue weighted by Crippen LogP contribution is -2.40. The van der Waals surface area contributed by atoms with Crippen molar-refractivity contribution in [2.75, 3.05) is 6.61 Å². The van der Waals surface area contributed by atoms with Crippen LogP contribution in [0.25, 0.3) is 0 Å². The average Bonchev–Trinajstić information content (AvgIpc) is 2.78. The van der Waals surface area contributed by atoms with Crippen LogP contribution in [0.2, 0.25) is 0 Å². The monoisotopic (exact) mass is 270 g/mol. The second-order valence-electron chi connectivity index (χ2n) is 6.47. The van der Waals surface area contributed by atoms with E-state index in [0.717, 1.165) is 11.1 Å². The van der Waals surface area contributed by atoms with E-state index in [0.29, 0.717) is 13.0 Å². The second kappa shape index (κ2) is 3.75. The van der Waals surface area contributed by atoms with E-state index in [1.165, 1.54) is 0 Å². The molecule has 0 bridgehead atoms. The Bertz CT molecular complexity index is 506. The molecule has 1 aromatic rings. The van der Waals surface area contributed by atoms with Crippen LogP contribution in [-0.4, -0.2) is 12.8 Å². The van der Waals surface area contributed by atoms with E-state index in [4.69, 9.17) is 4.74 Å². The summed E-state index contributed by atoms with van der Waals surface area (Å²) in [6.07, 6.45) is -3.75. The van der Waals surface area contributed by atoms with Crippen LogP contribution in [0.5, 0.6) is 0 Å². The summed E-state index contributed by atoms with van der Waals surface area (Å²) >= 11 is 0. The van der Waals surface area contributed by atoms with Crippen LogP contribution in [0.4, 0.5) is 13.2 Å². The zero-order chi connectivity index (χ0) is 13.9. The second-order valence-corrected chi connectivity index (χ2v) is 6.47. The van der Waals surface area contributed by atoms with Crippen LogP contribution >= 0.6 is 0 Å². The minimum absolute atomic E-state index is 0.0375. The molecule has 2 aliphatic rings. The highest BCUT2D eigenvalue weighted by molar-refractivity contribution is 5.40. The van der Waals surface area contributed by atoms with Gasteiger partial charge in [0.05, 0.1) is 12.5 Å². The lowest BCUT2D eigenvalue weighted by atomic mass is 9.76. The SMILES string of the molecule is CC1(C)CO[C@@]2(C1)c1ccccc1C[C@@H]2C(F)(F)F. The fourth-order valence-corrected chi connectivity index (χ4v) is 3.60. The van der Waals surface area contributed by atoms with Gasteiger partial charge in [0.15, 0.2) is 0 Å². The highest BCUT2D eigenvalue weighted by atomic mass is 19.4. The summed E-state index contributed by atoms with van der Waals surface area (Å²) in [5, 5.41) is 0. The van der Waals surface area contributed by atoms with Crippen LogP contribution in [0.15, 0.2) is 24.3 Å². The number of halogens is 3. The maximum absolute atomic E-state index is 13.4. The van der Waals surface area contributed by atoms with Gasteiger partial charge in [0.1, 0.15) is 5.60 Å². The van der Waals surface area contributed by atoms with Gasteiger partial charge in [-0.15, -0.1) is 0 Å². The van der Waals surface area contributed by atoms with Gasteiger partial charge < -0.3 is 4.74 Å². The summed E-state index contributed by atoms with van der Waals surface area (Å²) < 4.78 is 45.9. The van der Waals surface area contributed by atoms with Gasteiger partial charge in [-0.2, -0.15) is 13.2 Å². The normalized spacial score (nSPS) is 32.8. The van der Waals surface area contributed by atoms with Crippen molar-refractivity contribution in [3.05, 3.63) is 35.4 Å². The summed E-state index contributed by atoms with van der Waals surface area (Å²) in [6, 6.07) is 7.18. The predicted molar refractivity (Wildman–Crippen MR) is 65.7 cm³/mol. The Morgan fingerprint density at radius 3 is 2.47 bits per heavy atom. The molecule has 2 atom stereocenters. The van der Waals surface area contributed by atoms with Crippen molar-refractivity contribution in [2.45, 2.75) is 38.5 Å². The average molecular weight is 270 g/mol. The van der Waals surface area contributed by atoms with E-state index in [1.54, 1.807) is 24.3 Å². The Hall–Kier alpha value is -1.03. The zero-order valence-electron chi connectivity index (χ0n) is 11.1. The van der Waals surface area contributed by atoms with Gasteiger partial charge in [-0.1, -0.05) is 38.1 Å². The van der Waals surface area contributed by atoms with Crippen LogP contribution in [0.1, 0.15) is 31.4 Å². The molecule has 1 nitrogen and oxygen atoms in total. The molecule has 0 radical (unpaired) electrons. The number of ether oxygens (including phenoxy) is 1. The molecule has 19 heavy (non-hydrogen) atoms. The molecule has 1 aliphatic heterocycles. The van der Waals surface area contributed by atoms with Gasteiger partial charge >= 0.3 is 6.18 Å². The van der Waals surface area contributed by atoms with Crippen molar-refractivity contribution in [1.82, 2.24) is 0 Å². The summed E-state index contributed by atoms with van der Waals surface area (Å²) in [5.74, 6) is -1.42. The first-order chi connectivity index (χ1) is 8.75. The summed E-state index contributed by atoms with van der Waals surface area (Å²) in [7, 11) is 0. The fraction of sp³-hybridized carbons (Fsp3) is 0.600. The van der Waals surface area contributed by atoms with E-state index in [-0.39, 0.29) is 11.8 Å². The fourth-order valence-electron chi connectivity index (χ4n) is 3.60. The highest BCUT2D eigenvalue weighted by Crippen LogP contribution is 2.59. The van der Waals surface area contributed by atoms with Gasteiger partial charge in [-0.05, 0) is 29.4 Å². The van der Waals surface area contributed by atoms with Crippen molar-refractivity contribution in [1.29, 1.82) is 0 Å². The van der Waals surface area contributed by atoms with Gasteiger partial charge in [0.25, 0.3) is 0 Å². The molecule has 3 rings (SSSR count). The Balaban J connectivity index is 2.12. The van der Waals surface area contributed by atoms with Crippen molar-refractivity contribution < 1.29 is 17.9 Å². The highest BCUT2D eigenvalue weighted by Gasteiger charge is 2.63. The Labute approximate surface area is 110 Å². The standard InChI is InChI=1S/C15H17F3O/c1-13(2)8-14(19-9-13)11-6-4-3-5-10(11)7-12(14)15(16,17)18/h3-6,12H,7-9H2,1-2H3/t12-,14-/m0/s1. The third-order valence-corrected chi connectivity index (χ3v) is 4.32. The molecule has 1 heterocycles. The van der Waals surface area contributed by atoms with Gasteiger partial charge in [0.2, 0.25) is 0 Å². The molecule has 4 heteroatoms. The number of alkyl halides is 3. The molecule has 0 unspecified atom stereocenters. The van der Waals surface area contributed by atoms with Crippen molar-refractivity contribution in [3.63, 3.8) is 0 Å². The minimum Gasteiger partial charge on any atom is -0.369 e. The first-order valence-electron chi connectivity index (χ1n) is 6.54. The van der Waals surface area contributed by atoms with Gasteiger partial charge in [0, 0.05) is 0 Å². The smallest absolute Gasteiger partial charge is 0.369 e. The van der Waals surface area contributed by atoms with E-state index in [2.05, 4.69) is 0 Å². The Kier molecular flexibility index (Phi) is 2.56. The summed E-state index contributed by atoms with van der Waals surface area (Å²) in [5.41, 5.74) is 0.143. The maximum Gasteiger partial charge on any atom is 0.395 e. The van der Waals surface area contributed by atoms with E-state index in [9.17, 15) is 13.2 Å². The lowest BCUT2D eigenvalue weighted by molar-refractivity contribution is -0.226. The Morgan fingerprint density at radius 1 is 1.21 bits per heavy atom. The molecule has 1 spiro atoms. The van der Waals surface area contributed by atoms with E-state index < -0.39 is 17.7 Å². The van der Waals surface area contributed by atoms with Crippen LogP contribution in [0, 0.1) is 11.3 Å². The third kappa shape index (κ3) is 1.88. The van der Waals surface area contributed by atoms with Crippen LogP contribution in [0.3, 0.4) is 0 Å². The number of hydrogen-bond acceptors (Lipinski definition) is 1. The number of rotatable bonds is 0. The van der Waals surface area contributed by atoms with E-state index in [1.807, 2.05) is 13.8 Å². The molecule has 0 amide bonds. The molecule has 1 aliphatic carbocycles. The number of hydrogen-bond donors (Lipinski definition) is 0. The number of benzene rings is 1. The molecule has 0 N–H and O–H groups in total. The summed E-state index contributed by atoms with van der Waals surface area (Å²) in [4.78, 5) is 0. The molecule has 0 aromatic heterocycles. The number of fused-ring (bicyclic) bond motifs is 2. The van der Waals surface area contributed by atoms with Gasteiger partial charge in [-0.25, -0.2) is 0 Å². The lowest BCUT2D eigenvalue weighted by Gasteiger charge is -2.33. The molecule has 1 fully saturated rings. The first kappa shape index (κ1) is 13.0. The first-order valence-corrected chi connectivity index (χ1v) is 6.54. The Morgan fingerprint density at radius 2 is 1.89 bits per heavy atom. The minimum atomic E-state index is -4.22. The quantitative estimate of drug-likeness (QED) is 0.690. The van der Waals surface area contributed by atoms with Crippen LogP contribution < -0.4 is 0 Å². The maximum atomic E-state index is 13.4. The van der Waals surface area contributed by atoms with Crippen LogP contribution in [-0.2, 0) is 16.8 Å². The molecule has 1 aromatic carbocycles. The molecule has 104 valence electrons. The molecule has 1 saturated heterocycles. The molecule has 0 saturated carbocycles. The van der Waals surface area contributed by atoms with Crippen molar-refractivity contribution >= 4 is 0 Å². The topological polar surface area (TPSA) is 9.23 Å². The van der Waals surface area contributed by atoms with E-state index >= 15 is 0 Å². The van der Waals surface area contributed by atoms with Crippen molar-refractivity contribution in [2.24, 2.45) is 11.3 Å². The zero-order valence-corrected chi connectivity index (χ0v) is 11.1. The third-order valence-electron chi connectivity index (χ3n) is 4.32. The molecular formula is C15H17F3O. The summed E-state index contributed by atoms with van der Waals surface area (Å²) in [6.45, 7) is 4.32. The van der Waals surface area contributed by atoms with Crippen molar-refractivity contribution in [3.8, 4) is 0 Å². The molecular weight excluding hydrogens is 253 g/mol. The van der Waals surface area contributed by atoms with Gasteiger partial charge in [-0.3, -0.25) is 0 Å².